The Balaban J connectivity index is 1.96. The van der Waals surface area contributed by atoms with Gasteiger partial charge in [-0.15, -0.1) is 0 Å². The van der Waals surface area contributed by atoms with E-state index in [1.54, 1.807) is 0 Å². The summed E-state index contributed by atoms with van der Waals surface area (Å²) in [5.41, 5.74) is 2.60. The molecule has 0 radical (unpaired) electrons. The van der Waals surface area contributed by atoms with Crippen LogP contribution in [0.4, 0.5) is 13.2 Å². The molecule has 0 aliphatic rings. The molecule has 0 fully saturated rings. The molecule has 0 spiro atoms. The third-order valence-electron chi connectivity index (χ3n) is 3.29. The van der Waals surface area contributed by atoms with Crippen molar-refractivity contribution in [3.63, 3.8) is 0 Å². The Morgan fingerprint density at radius 1 is 1.20 bits per heavy atom. The van der Waals surface area contributed by atoms with Crippen LogP contribution in [0.5, 0.6) is 0 Å². The standard InChI is InChI=1S/C17H21F3N4O/c1-3-21-16(22-9-8-17(18,19)20)23-10-14-11-25-15(24-14)13-6-4-12(2)5-7-13/h4-7,11H,3,8-10H2,1-2H3,(H2,21,22,23). The SMILES string of the molecule is CCNC(=NCc1coc(-c2ccc(C)cc2)n1)NCCC(F)(F)F. The van der Waals surface area contributed by atoms with Gasteiger partial charge in [-0.25, -0.2) is 9.98 Å². The zero-order valence-electron chi connectivity index (χ0n) is 14.2. The number of hydrogen-bond acceptors (Lipinski definition) is 3. The van der Waals surface area contributed by atoms with Gasteiger partial charge in [0.1, 0.15) is 12.0 Å². The Bertz CT molecular complexity index is 693. The van der Waals surface area contributed by atoms with Gasteiger partial charge < -0.3 is 15.1 Å². The summed E-state index contributed by atoms with van der Waals surface area (Å²) < 4.78 is 42.1. The Kier molecular flexibility index (Phi) is 6.44. The monoisotopic (exact) mass is 354 g/mol. The molecule has 8 heteroatoms. The molecule has 1 heterocycles. The van der Waals surface area contributed by atoms with Gasteiger partial charge in [-0.2, -0.15) is 13.2 Å². The van der Waals surface area contributed by atoms with E-state index in [9.17, 15) is 13.2 Å². The van der Waals surface area contributed by atoms with Crippen LogP contribution in [0.2, 0.25) is 0 Å². The van der Waals surface area contributed by atoms with E-state index in [1.165, 1.54) is 6.26 Å². The molecule has 25 heavy (non-hydrogen) atoms. The van der Waals surface area contributed by atoms with Gasteiger partial charge in [-0.3, -0.25) is 0 Å². The van der Waals surface area contributed by atoms with E-state index in [2.05, 4.69) is 20.6 Å². The quantitative estimate of drug-likeness (QED) is 0.614. The van der Waals surface area contributed by atoms with Crippen LogP contribution in [0.25, 0.3) is 11.5 Å². The first kappa shape index (κ1) is 18.8. The smallest absolute Gasteiger partial charge is 0.390 e. The van der Waals surface area contributed by atoms with E-state index in [4.69, 9.17) is 4.42 Å². The highest BCUT2D eigenvalue weighted by atomic mass is 19.4. The third-order valence-corrected chi connectivity index (χ3v) is 3.29. The minimum atomic E-state index is -4.20. The van der Waals surface area contributed by atoms with Crippen molar-refractivity contribution >= 4 is 5.96 Å². The zero-order valence-corrected chi connectivity index (χ0v) is 14.2. The molecule has 136 valence electrons. The van der Waals surface area contributed by atoms with E-state index in [-0.39, 0.29) is 13.1 Å². The van der Waals surface area contributed by atoms with E-state index in [0.717, 1.165) is 11.1 Å². The lowest BCUT2D eigenvalue weighted by atomic mass is 10.1. The first-order valence-corrected chi connectivity index (χ1v) is 7.98. The number of rotatable bonds is 6. The average molecular weight is 354 g/mol. The summed E-state index contributed by atoms with van der Waals surface area (Å²) in [4.78, 5) is 8.58. The molecule has 2 rings (SSSR count). The number of halogens is 3. The lowest BCUT2D eigenvalue weighted by molar-refractivity contribution is -0.132. The second-order valence-electron chi connectivity index (χ2n) is 5.50. The number of oxazole rings is 1. The van der Waals surface area contributed by atoms with Gasteiger partial charge in [0.15, 0.2) is 5.96 Å². The molecular weight excluding hydrogens is 333 g/mol. The van der Waals surface area contributed by atoms with Crippen LogP contribution >= 0.6 is 0 Å². The summed E-state index contributed by atoms with van der Waals surface area (Å²) in [6, 6.07) is 7.75. The molecule has 1 aromatic heterocycles. The molecule has 0 amide bonds. The molecular formula is C17H21F3N4O. The number of benzene rings is 1. The highest BCUT2D eigenvalue weighted by Gasteiger charge is 2.26. The fourth-order valence-corrected chi connectivity index (χ4v) is 2.03. The van der Waals surface area contributed by atoms with Crippen molar-refractivity contribution in [2.45, 2.75) is 33.0 Å². The van der Waals surface area contributed by atoms with Crippen molar-refractivity contribution in [2.75, 3.05) is 13.1 Å². The van der Waals surface area contributed by atoms with Crippen LogP contribution in [-0.4, -0.2) is 30.2 Å². The molecule has 2 N–H and O–H groups in total. The van der Waals surface area contributed by atoms with Gasteiger partial charge in [0.25, 0.3) is 0 Å². The lowest BCUT2D eigenvalue weighted by Crippen LogP contribution is -2.38. The van der Waals surface area contributed by atoms with Crippen molar-refractivity contribution in [2.24, 2.45) is 4.99 Å². The number of hydrogen-bond donors (Lipinski definition) is 2. The minimum Gasteiger partial charge on any atom is -0.444 e. The number of aliphatic imine (C=N–C) groups is 1. The Labute approximate surface area is 144 Å². The second kappa shape index (κ2) is 8.55. The number of aromatic nitrogens is 1. The van der Waals surface area contributed by atoms with Crippen molar-refractivity contribution in [1.29, 1.82) is 0 Å². The number of alkyl halides is 3. The van der Waals surface area contributed by atoms with E-state index >= 15 is 0 Å². The van der Waals surface area contributed by atoms with Crippen molar-refractivity contribution in [1.82, 2.24) is 15.6 Å². The van der Waals surface area contributed by atoms with Crippen LogP contribution in [0.1, 0.15) is 24.6 Å². The first-order valence-electron chi connectivity index (χ1n) is 7.98. The van der Waals surface area contributed by atoms with Crippen molar-refractivity contribution in [3.8, 4) is 11.5 Å². The Morgan fingerprint density at radius 3 is 2.56 bits per heavy atom. The normalized spacial score (nSPS) is 12.3. The summed E-state index contributed by atoms with van der Waals surface area (Å²) in [6.45, 7) is 4.35. The van der Waals surface area contributed by atoms with Gasteiger partial charge in [0, 0.05) is 18.7 Å². The molecule has 0 saturated heterocycles. The van der Waals surface area contributed by atoms with Gasteiger partial charge in [0.05, 0.1) is 13.0 Å². The highest BCUT2D eigenvalue weighted by Crippen LogP contribution is 2.19. The molecule has 0 atom stereocenters. The van der Waals surface area contributed by atoms with Gasteiger partial charge in [0.2, 0.25) is 5.89 Å². The van der Waals surface area contributed by atoms with Crippen LogP contribution < -0.4 is 10.6 Å². The van der Waals surface area contributed by atoms with Gasteiger partial charge >= 0.3 is 6.18 Å². The highest BCUT2D eigenvalue weighted by molar-refractivity contribution is 5.79. The Morgan fingerprint density at radius 2 is 1.92 bits per heavy atom. The molecule has 0 aliphatic carbocycles. The molecule has 2 aromatic rings. The van der Waals surface area contributed by atoms with Gasteiger partial charge in [-0.1, -0.05) is 17.7 Å². The second-order valence-corrected chi connectivity index (χ2v) is 5.50. The maximum Gasteiger partial charge on any atom is 0.390 e. The van der Waals surface area contributed by atoms with E-state index < -0.39 is 12.6 Å². The number of nitrogens with one attached hydrogen (secondary N) is 2. The largest absolute Gasteiger partial charge is 0.444 e. The molecule has 0 saturated carbocycles. The molecule has 0 unspecified atom stereocenters. The maximum atomic E-state index is 12.2. The summed E-state index contributed by atoms with van der Waals surface area (Å²) in [5.74, 6) is 0.798. The molecule has 5 nitrogen and oxygen atoms in total. The van der Waals surface area contributed by atoms with E-state index in [1.807, 2.05) is 38.1 Å². The van der Waals surface area contributed by atoms with Crippen LogP contribution in [0.15, 0.2) is 39.9 Å². The summed E-state index contributed by atoms with van der Waals surface area (Å²) in [5, 5.41) is 5.55. The number of nitrogens with zero attached hydrogens (tertiary/aromatic N) is 2. The van der Waals surface area contributed by atoms with Crippen molar-refractivity contribution < 1.29 is 17.6 Å². The van der Waals surface area contributed by atoms with E-state index in [0.29, 0.717) is 24.1 Å². The first-order chi connectivity index (χ1) is 11.9. The summed E-state index contributed by atoms with van der Waals surface area (Å²) in [6.07, 6.45) is -3.61. The number of aryl methyl sites for hydroxylation is 1. The lowest BCUT2D eigenvalue weighted by Gasteiger charge is -2.12. The summed E-state index contributed by atoms with van der Waals surface area (Å²) in [7, 11) is 0. The maximum absolute atomic E-state index is 12.2. The predicted octanol–water partition coefficient (Wildman–Crippen LogP) is 3.66. The summed E-state index contributed by atoms with van der Waals surface area (Å²) >= 11 is 0. The van der Waals surface area contributed by atoms with Crippen LogP contribution in [-0.2, 0) is 6.54 Å². The van der Waals surface area contributed by atoms with Crippen molar-refractivity contribution in [3.05, 3.63) is 41.8 Å². The Hall–Kier alpha value is -2.51. The van der Waals surface area contributed by atoms with Crippen LogP contribution in [0.3, 0.4) is 0 Å². The van der Waals surface area contributed by atoms with Crippen LogP contribution in [0, 0.1) is 6.92 Å². The minimum absolute atomic E-state index is 0.205. The molecule has 0 aliphatic heterocycles. The third kappa shape index (κ3) is 6.48. The zero-order chi connectivity index (χ0) is 18.3. The fraction of sp³-hybridized carbons (Fsp3) is 0.412. The predicted molar refractivity (Wildman–Crippen MR) is 90.2 cm³/mol. The molecule has 1 aromatic carbocycles. The fourth-order valence-electron chi connectivity index (χ4n) is 2.03. The topological polar surface area (TPSA) is 62.5 Å². The number of guanidine groups is 1. The average Bonchev–Trinajstić information content (AvgIpc) is 3.01. The van der Waals surface area contributed by atoms with Gasteiger partial charge in [-0.05, 0) is 26.0 Å². The molecule has 0 bridgehead atoms.